The molecule has 0 atom stereocenters. The van der Waals surface area contributed by atoms with Crippen LogP contribution in [-0.4, -0.2) is 26.2 Å². The summed E-state index contributed by atoms with van der Waals surface area (Å²) in [5, 5.41) is 0. The van der Waals surface area contributed by atoms with Crippen LogP contribution in [0.5, 0.6) is 0 Å². The summed E-state index contributed by atoms with van der Waals surface area (Å²) in [6, 6.07) is 17.9. The molecule has 140 valence electrons. The summed E-state index contributed by atoms with van der Waals surface area (Å²) in [4.78, 5) is 9.24. The molecule has 0 radical (unpaired) electrons. The van der Waals surface area contributed by atoms with Crippen molar-refractivity contribution in [1.29, 1.82) is 0 Å². The second-order valence-corrected chi connectivity index (χ2v) is 7.80. The Morgan fingerprint density at radius 3 is 1.26 bits per heavy atom. The Bertz CT molecular complexity index is 863. The van der Waals surface area contributed by atoms with Gasteiger partial charge in [0.25, 0.3) is 0 Å². The van der Waals surface area contributed by atoms with Crippen molar-refractivity contribution in [2.24, 2.45) is 0 Å². The largest absolute Gasteiger partial charge is 0.322 e. The highest BCUT2D eigenvalue weighted by molar-refractivity contribution is 5.85. The third-order valence-corrected chi connectivity index (χ3v) is 5.35. The van der Waals surface area contributed by atoms with E-state index in [1.807, 2.05) is 0 Å². The summed E-state index contributed by atoms with van der Waals surface area (Å²) in [7, 11) is 4.26. The molecule has 0 unspecified atom stereocenters. The summed E-state index contributed by atoms with van der Waals surface area (Å²) in [6.45, 7) is 8.93. The van der Waals surface area contributed by atoms with Crippen molar-refractivity contribution in [3.05, 3.63) is 65.9 Å². The van der Waals surface area contributed by atoms with Gasteiger partial charge in [0.05, 0.1) is 22.7 Å². The van der Waals surface area contributed by atoms with Crippen LogP contribution in [0.3, 0.4) is 0 Å². The first-order chi connectivity index (χ1) is 12.9. The first-order valence-electron chi connectivity index (χ1n) is 9.66. The molecule has 4 nitrogen and oxygen atoms in total. The predicted octanol–water partition coefficient (Wildman–Crippen LogP) is 5.00. The number of benzene rings is 2. The Kier molecular flexibility index (Phi) is 4.16. The van der Waals surface area contributed by atoms with Gasteiger partial charge >= 0.3 is 0 Å². The van der Waals surface area contributed by atoms with Crippen molar-refractivity contribution in [3.63, 3.8) is 0 Å². The van der Waals surface area contributed by atoms with E-state index >= 15 is 0 Å². The minimum atomic E-state index is 0.348. The zero-order valence-corrected chi connectivity index (χ0v) is 17.1. The van der Waals surface area contributed by atoms with Gasteiger partial charge in [-0.1, -0.05) is 24.3 Å². The van der Waals surface area contributed by atoms with Gasteiger partial charge < -0.3 is 19.6 Å². The number of fused-ring (bicyclic) bond motifs is 2. The molecule has 0 aromatic heterocycles. The molecule has 2 aliphatic heterocycles. The van der Waals surface area contributed by atoms with Crippen LogP contribution in [-0.2, 0) is 0 Å². The van der Waals surface area contributed by atoms with Gasteiger partial charge in [0, 0.05) is 26.2 Å². The van der Waals surface area contributed by atoms with Gasteiger partial charge in [0.1, 0.15) is 0 Å². The minimum absolute atomic E-state index is 0.348. The van der Waals surface area contributed by atoms with Gasteiger partial charge in [-0.25, -0.2) is 0 Å². The van der Waals surface area contributed by atoms with Crippen LogP contribution in [0.15, 0.2) is 65.9 Å². The van der Waals surface area contributed by atoms with Gasteiger partial charge in [0.15, 0.2) is 11.6 Å². The van der Waals surface area contributed by atoms with E-state index in [4.69, 9.17) is 0 Å². The summed E-state index contributed by atoms with van der Waals surface area (Å²) in [6.07, 6.45) is 0. The highest BCUT2D eigenvalue weighted by Crippen LogP contribution is 2.44. The average Bonchev–Trinajstić information content (AvgIpc) is 3.09. The summed E-state index contributed by atoms with van der Waals surface area (Å²) >= 11 is 0. The minimum Gasteiger partial charge on any atom is -0.322 e. The Hall–Kier alpha value is -2.84. The molecule has 0 spiro atoms. The molecule has 0 amide bonds. The molecule has 0 saturated carbocycles. The lowest BCUT2D eigenvalue weighted by Gasteiger charge is -2.28. The van der Waals surface area contributed by atoms with Crippen molar-refractivity contribution in [2.45, 2.75) is 39.8 Å². The van der Waals surface area contributed by atoms with E-state index in [1.165, 1.54) is 22.7 Å². The molecule has 27 heavy (non-hydrogen) atoms. The first kappa shape index (κ1) is 17.6. The van der Waals surface area contributed by atoms with Crippen molar-refractivity contribution < 1.29 is 0 Å². The molecule has 0 N–H and O–H groups in total. The van der Waals surface area contributed by atoms with Crippen LogP contribution < -0.4 is 19.6 Å². The molecule has 0 bridgehead atoms. The van der Waals surface area contributed by atoms with Gasteiger partial charge in [-0.05, 0) is 57.7 Å². The zero-order chi connectivity index (χ0) is 19.3. The van der Waals surface area contributed by atoms with Crippen LogP contribution in [0.2, 0.25) is 0 Å². The van der Waals surface area contributed by atoms with E-state index in [-0.39, 0.29) is 0 Å². The molecule has 2 aromatic carbocycles. The van der Waals surface area contributed by atoms with Crippen LogP contribution in [0.25, 0.3) is 0 Å². The molecule has 0 fully saturated rings. The fraction of sp³-hybridized carbons (Fsp3) is 0.348. The summed E-state index contributed by atoms with van der Waals surface area (Å²) in [5.41, 5.74) is 8.71. The molecule has 4 heteroatoms. The number of hydrogen-bond donors (Lipinski definition) is 0. The number of anilines is 4. The molecule has 0 aliphatic carbocycles. The van der Waals surface area contributed by atoms with Crippen LogP contribution in [0.1, 0.15) is 27.7 Å². The second kappa shape index (κ2) is 6.40. The van der Waals surface area contributed by atoms with Crippen molar-refractivity contribution >= 4 is 22.7 Å². The standard InChI is InChI=1S/C23H28N4/c1-16(2)26-20-13-9-7-11-18(20)24(5)22(26)15-23-25(6)19-12-8-10-14-21(19)27(23)17(3)4/h7-14,16-17H,1-6H3. The van der Waals surface area contributed by atoms with Gasteiger partial charge in [0.2, 0.25) is 0 Å². The second-order valence-electron chi connectivity index (χ2n) is 7.80. The van der Waals surface area contributed by atoms with E-state index < -0.39 is 0 Å². The van der Waals surface area contributed by atoms with Crippen molar-refractivity contribution in [2.75, 3.05) is 33.7 Å². The normalized spacial score (nSPS) is 15.9. The van der Waals surface area contributed by atoms with E-state index in [9.17, 15) is 0 Å². The fourth-order valence-electron chi connectivity index (χ4n) is 4.12. The quantitative estimate of drug-likeness (QED) is 0.699. The third kappa shape index (κ3) is 2.60. The molecule has 2 heterocycles. The lowest BCUT2D eigenvalue weighted by Crippen LogP contribution is -2.34. The van der Waals surface area contributed by atoms with Crippen LogP contribution >= 0.6 is 0 Å². The molecule has 2 aliphatic rings. The van der Waals surface area contributed by atoms with E-state index in [0.717, 1.165) is 11.6 Å². The SMILES string of the molecule is CC(C)N1C(=C=C2N(C)c3ccccc3N2C(C)C)N(C)c2ccccc21. The van der Waals surface area contributed by atoms with Crippen LogP contribution in [0, 0.1) is 0 Å². The van der Waals surface area contributed by atoms with E-state index in [0.29, 0.717) is 12.1 Å². The number of hydrogen-bond acceptors (Lipinski definition) is 4. The molecular formula is C23H28N4. The number of nitrogens with zero attached hydrogens (tertiary/aromatic N) is 4. The van der Waals surface area contributed by atoms with E-state index in [2.05, 4.69) is 116 Å². The van der Waals surface area contributed by atoms with Gasteiger partial charge in [-0.3, -0.25) is 0 Å². The maximum absolute atomic E-state index is 3.77. The Morgan fingerprint density at radius 1 is 0.593 bits per heavy atom. The van der Waals surface area contributed by atoms with Crippen molar-refractivity contribution in [1.82, 2.24) is 0 Å². The van der Waals surface area contributed by atoms with Crippen LogP contribution in [0.4, 0.5) is 22.7 Å². The Labute approximate surface area is 162 Å². The Morgan fingerprint density at radius 2 is 0.926 bits per heavy atom. The molecule has 4 rings (SSSR count). The van der Waals surface area contributed by atoms with E-state index in [1.54, 1.807) is 0 Å². The fourth-order valence-corrected chi connectivity index (χ4v) is 4.12. The monoisotopic (exact) mass is 360 g/mol. The zero-order valence-electron chi connectivity index (χ0n) is 17.1. The smallest absolute Gasteiger partial charge is 0.162 e. The highest BCUT2D eigenvalue weighted by Gasteiger charge is 2.34. The summed E-state index contributed by atoms with van der Waals surface area (Å²) in [5.74, 6) is 2.18. The van der Waals surface area contributed by atoms with Gasteiger partial charge in [-0.2, -0.15) is 0 Å². The lowest BCUT2D eigenvalue weighted by molar-refractivity contribution is 0.746. The van der Waals surface area contributed by atoms with Crippen molar-refractivity contribution in [3.8, 4) is 0 Å². The van der Waals surface area contributed by atoms with Gasteiger partial charge in [-0.15, -0.1) is 0 Å². The maximum atomic E-state index is 3.77. The Balaban J connectivity index is 1.94. The summed E-state index contributed by atoms with van der Waals surface area (Å²) < 4.78 is 0. The average molecular weight is 361 g/mol. The predicted molar refractivity (Wildman–Crippen MR) is 115 cm³/mol. The molecular weight excluding hydrogens is 332 g/mol. The third-order valence-electron chi connectivity index (χ3n) is 5.35. The maximum Gasteiger partial charge on any atom is 0.162 e. The number of rotatable bonds is 2. The molecule has 2 aromatic rings. The number of para-hydroxylation sites is 4. The lowest BCUT2D eigenvalue weighted by atomic mass is 10.2. The topological polar surface area (TPSA) is 13.0 Å². The highest BCUT2D eigenvalue weighted by atomic mass is 15.4. The molecule has 0 saturated heterocycles. The first-order valence-corrected chi connectivity index (χ1v) is 9.66.